The molecule has 1 fully saturated rings. The maximum Gasteiger partial charge on any atom is 0.252 e. The Kier molecular flexibility index (Phi) is 8.28. The number of thioether (sulfide) groups is 1. The zero-order valence-electron chi connectivity index (χ0n) is 15.0. The van der Waals surface area contributed by atoms with Crippen molar-refractivity contribution < 1.29 is 14.3 Å². The largest absolute Gasteiger partial charge is 0.377 e. The zero-order chi connectivity index (χ0) is 18.1. The van der Waals surface area contributed by atoms with Gasteiger partial charge in [-0.15, -0.1) is 11.8 Å². The Morgan fingerprint density at radius 3 is 2.88 bits per heavy atom. The van der Waals surface area contributed by atoms with Gasteiger partial charge in [-0.2, -0.15) is 0 Å². The highest BCUT2D eigenvalue weighted by molar-refractivity contribution is 7.99. The van der Waals surface area contributed by atoms with Crippen LogP contribution in [0.4, 0.5) is 0 Å². The summed E-state index contributed by atoms with van der Waals surface area (Å²) in [5, 5.41) is 5.74. The molecular formula is C19H28N2O3S. The van der Waals surface area contributed by atoms with E-state index in [-0.39, 0.29) is 24.0 Å². The fourth-order valence-electron chi connectivity index (χ4n) is 2.57. The van der Waals surface area contributed by atoms with Crippen LogP contribution in [0.25, 0.3) is 0 Å². The highest BCUT2D eigenvalue weighted by atomic mass is 32.2. The molecule has 1 aliphatic heterocycles. The van der Waals surface area contributed by atoms with Crippen molar-refractivity contribution in [3.8, 4) is 0 Å². The molecule has 1 heterocycles. The van der Waals surface area contributed by atoms with E-state index in [1.807, 2.05) is 38.1 Å². The van der Waals surface area contributed by atoms with Gasteiger partial charge in [0.25, 0.3) is 5.91 Å². The average Bonchev–Trinajstić information content (AvgIpc) is 3.13. The molecule has 2 amide bonds. The number of carbonyl (C=O) groups excluding carboxylic acids is 2. The molecule has 2 unspecified atom stereocenters. The van der Waals surface area contributed by atoms with Crippen molar-refractivity contribution in [2.45, 2.75) is 56.6 Å². The van der Waals surface area contributed by atoms with Crippen molar-refractivity contribution in [1.82, 2.24) is 10.6 Å². The molecule has 0 saturated carbocycles. The van der Waals surface area contributed by atoms with Crippen LogP contribution >= 0.6 is 11.8 Å². The lowest BCUT2D eigenvalue weighted by Gasteiger charge is -2.13. The van der Waals surface area contributed by atoms with Gasteiger partial charge in [0.15, 0.2) is 0 Å². The van der Waals surface area contributed by atoms with Crippen molar-refractivity contribution in [2.24, 2.45) is 0 Å². The number of carbonyl (C=O) groups is 2. The van der Waals surface area contributed by atoms with Gasteiger partial charge in [-0.1, -0.05) is 19.1 Å². The van der Waals surface area contributed by atoms with Gasteiger partial charge in [-0.25, -0.2) is 0 Å². The summed E-state index contributed by atoms with van der Waals surface area (Å²) >= 11 is 1.66. The molecule has 6 heteroatoms. The smallest absolute Gasteiger partial charge is 0.252 e. The van der Waals surface area contributed by atoms with Crippen LogP contribution in [0.3, 0.4) is 0 Å². The molecule has 0 radical (unpaired) electrons. The van der Waals surface area contributed by atoms with Crippen LogP contribution in [-0.2, 0) is 9.53 Å². The summed E-state index contributed by atoms with van der Waals surface area (Å²) in [6, 6.07) is 7.75. The summed E-state index contributed by atoms with van der Waals surface area (Å²) in [4.78, 5) is 25.2. The Morgan fingerprint density at radius 1 is 1.36 bits per heavy atom. The fourth-order valence-corrected chi connectivity index (χ4v) is 3.69. The molecule has 2 N–H and O–H groups in total. The van der Waals surface area contributed by atoms with E-state index in [2.05, 4.69) is 10.6 Å². The molecule has 0 bridgehead atoms. The second kappa shape index (κ2) is 10.5. The molecular weight excluding hydrogens is 336 g/mol. The predicted molar refractivity (Wildman–Crippen MR) is 101 cm³/mol. The lowest BCUT2D eigenvalue weighted by atomic mass is 10.2. The van der Waals surface area contributed by atoms with E-state index in [0.717, 1.165) is 36.5 Å². The molecule has 0 aliphatic carbocycles. The van der Waals surface area contributed by atoms with Crippen LogP contribution in [0, 0.1) is 0 Å². The highest BCUT2D eigenvalue weighted by Crippen LogP contribution is 2.26. The molecule has 1 aromatic rings. The number of benzene rings is 1. The van der Waals surface area contributed by atoms with Gasteiger partial charge in [-0.3, -0.25) is 9.59 Å². The molecule has 1 saturated heterocycles. The normalized spacial score (nSPS) is 17.9. The second-order valence-corrected chi connectivity index (χ2v) is 7.39. The third-order valence-electron chi connectivity index (χ3n) is 4.24. The molecule has 2 atom stereocenters. The lowest BCUT2D eigenvalue weighted by molar-refractivity contribution is -0.121. The first-order valence-electron chi connectivity index (χ1n) is 9.01. The maximum atomic E-state index is 12.4. The summed E-state index contributed by atoms with van der Waals surface area (Å²) in [5.41, 5.74) is 0.660. The molecule has 2 rings (SSSR count). The van der Waals surface area contributed by atoms with Crippen LogP contribution in [0.2, 0.25) is 0 Å². The number of hydrogen-bond donors (Lipinski definition) is 2. The highest BCUT2D eigenvalue weighted by Gasteiger charge is 2.18. The van der Waals surface area contributed by atoms with Gasteiger partial charge >= 0.3 is 0 Å². The summed E-state index contributed by atoms with van der Waals surface area (Å²) in [6.45, 7) is 5.17. The number of ether oxygens (including phenoxy) is 1. The molecule has 0 spiro atoms. The average molecular weight is 365 g/mol. The van der Waals surface area contributed by atoms with Crippen molar-refractivity contribution >= 4 is 23.6 Å². The van der Waals surface area contributed by atoms with Crippen LogP contribution in [0.5, 0.6) is 0 Å². The first-order valence-corrected chi connectivity index (χ1v) is 9.99. The van der Waals surface area contributed by atoms with Gasteiger partial charge in [0.2, 0.25) is 5.91 Å². The van der Waals surface area contributed by atoms with E-state index in [1.165, 1.54) is 0 Å². The van der Waals surface area contributed by atoms with Crippen molar-refractivity contribution in [2.75, 3.05) is 18.9 Å². The van der Waals surface area contributed by atoms with E-state index in [4.69, 9.17) is 4.74 Å². The number of nitrogens with one attached hydrogen (secondary N) is 2. The third-order valence-corrected chi connectivity index (χ3v) is 5.44. The van der Waals surface area contributed by atoms with Crippen LogP contribution in [0.15, 0.2) is 29.2 Å². The monoisotopic (exact) mass is 364 g/mol. The summed E-state index contributed by atoms with van der Waals surface area (Å²) in [7, 11) is 0. The first-order chi connectivity index (χ1) is 12.1. The SMILES string of the molecule is CCC(C)NC(=O)CCNC(=O)c1ccccc1SCC1CCCO1. The minimum Gasteiger partial charge on any atom is -0.377 e. The number of rotatable bonds is 9. The minimum atomic E-state index is -0.133. The first kappa shape index (κ1) is 19.8. The molecule has 1 aliphatic rings. The summed E-state index contributed by atoms with van der Waals surface area (Å²) in [6.07, 6.45) is 3.68. The van der Waals surface area contributed by atoms with Crippen LogP contribution in [-0.4, -0.2) is 42.9 Å². The number of hydrogen-bond acceptors (Lipinski definition) is 4. The van der Waals surface area contributed by atoms with E-state index < -0.39 is 0 Å². The molecule has 138 valence electrons. The standard InChI is InChI=1S/C19H28N2O3S/c1-3-14(2)21-18(22)10-11-20-19(23)16-8-4-5-9-17(16)25-13-15-7-6-12-24-15/h4-5,8-9,14-15H,3,6-7,10-13H2,1-2H3,(H,20,23)(H,21,22). The zero-order valence-corrected chi connectivity index (χ0v) is 15.9. The van der Waals surface area contributed by atoms with Gasteiger partial charge in [0.05, 0.1) is 11.7 Å². The third kappa shape index (κ3) is 6.71. The van der Waals surface area contributed by atoms with E-state index in [0.29, 0.717) is 18.5 Å². The van der Waals surface area contributed by atoms with Gasteiger partial charge in [-0.05, 0) is 38.3 Å². The van der Waals surface area contributed by atoms with Crippen LogP contribution < -0.4 is 10.6 Å². The topological polar surface area (TPSA) is 67.4 Å². The van der Waals surface area contributed by atoms with Gasteiger partial charge < -0.3 is 15.4 Å². The minimum absolute atomic E-state index is 0.0318. The maximum absolute atomic E-state index is 12.4. The molecule has 25 heavy (non-hydrogen) atoms. The molecule has 0 aromatic heterocycles. The Morgan fingerprint density at radius 2 is 2.16 bits per heavy atom. The summed E-state index contributed by atoms with van der Waals surface area (Å²) in [5.74, 6) is 0.698. The second-order valence-electron chi connectivity index (χ2n) is 6.32. The Labute approximate surface area is 154 Å². The van der Waals surface area contributed by atoms with Crippen molar-refractivity contribution in [3.05, 3.63) is 29.8 Å². The quantitative estimate of drug-likeness (QED) is 0.661. The molecule has 5 nitrogen and oxygen atoms in total. The lowest BCUT2D eigenvalue weighted by Crippen LogP contribution is -2.35. The van der Waals surface area contributed by atoms with Crippen molar-refractivity contribution in [1.29, 1.82) is 0 Å². The fraction of sp³-hybridized carbons (Fsp3) is 0.579. The Hall–Kier alpha value is -1.53. The van der Waals surface area contributed by atoms with Gasteiger partial charge in [0.1, 0.15) is 0 Å². The van der Waals surface area contributed by atoms with E-state index >= 15 is 0 Å². The van der Waals surface area contributed by atoms with Crippen LogP contribution in [0.1, 0.15) is 49.9 Å². The predicted octanol–water partition coefficient (Wildman–Crippen LogP) is 2.99. The van der Waals surface area contributed by atoms with Gasteiger partial charge in [0, 0.05) is 36.3 Å². The van der Waals surface area contributed by atoms with E-state index in [9.17, 15) is 9.59 Å². The van der Waals surface area contributed by atoms with E-state index in [1.54, 1.807) is 11.8 Å². The Bertz CT molecular complexity index is 574. The number of amides is 2. The summed E-state index contributed by atoms with van der Waals surface area (Å²) < 4.78 is 5.64. The molecule has 1 aromatic carbocycles. The van der Waals surface area contributed by atoms with Crippen molar-refractivity contribution in [3.63, 3.8) is 0 Å². The Balaban J connectivity index is 1.81.